The maximum Gasteiger partial charge on any atom is 0.242 e. The van der Waals surface area contributed by atoms with E-state index >= 15 is 0 Å². The summed E-state index contributed by atoms with van der Waals surface area (Å²) in [7, 11) is 0. The number of imidazole rings is 1. The van der Waals surface area contributed by atoms with Crippen molar-refractivity contribution in [3.8, 4) is 0 Å². The first-order valence-corrected chi connectivity index (χ1v) is 7.68. The van der Waals surface area contributed by atoms with Gasteiger partial charge in [0.05, 0.1) is 0 Å². The quantitative estimate of drug-likeness (QED) is 0.883. The number of carbonyl (C=O) groups excluding carboxylic acids is 2. The van der Waals surface area contributed by atoms with E-state index in [4.69, 9.17) is 0 Å². The van der Waals surface area contributed by atoms with Gasteiger partial charge in [-0.05, 0) is 26.2 Å². The van der Waals surface area contributed by atoms with Crippen LogP contribution in [0.15, 0.2) is 12.4 Å². The minimum atomic E-state index is -0.310. The summed E-state index contributed by atoms with van der Waals surface area (Å²) in [5.41, 5.74) is 0. The third-order valence-corrected chi connectivity index (χ3v) is 3.97. The largest absolute Gasteiger partial charge is 0.354 e. The zero-order valence-corrected chi connectivity index (χ0v) is 12.8. The summed E-state index contributed by atoms with van der Waals surface area (Å²) < 4.78 is 2.04. The fourth-order valence-corrected chi connectivity index (χ4v) is 2.76. The van der Waals surface area contributed by atoms with Gasteiger partial charge >= 0.3 is 0 Å². The van der Waals surface area contributed by atoms with Gasteiger partial charge in [0.15, 0.2) is 0 Å². The number of aryl methyl sites for hydroxylation is 2. The van der Waals surface area contributed by atoms with Crippen molar-refractivity contribution in [3.63, 3.8) is 0 Å². The lowest BCUT2D eigenvalue weighted by molar-refractivity contribution is -0.139. The second kappa shape index (κ2) is 7.24. The summed E-state index contributed by atoms with van der Waals surface area (Å²) in [4.78, 5) is 30.3. The van der Waals surface area contributed by atoms with Crippen LogP contribution in [0.2, 0.25) is 0 Å². The number of nitrogens with zero attached hydrogens (tertiary/aromatic N) is 3. The molecule has 0 saturated carbocycles. The van der Waals surface area contributed by atoms with Crippen LogP contribution in [0, 0.1) is 6.92 Å². The first-order valence-electron chi connectivity index (χ1n) is 7.68. The Morgan fingerprint density at radius 1 is 1.52 bits per heavy atom. The molecule has 0 spiro atoms. The van der Waals surface area contributed by atoms with E-state index < -0.39 is 0 Å². The van der Waals surface area contributed by atoms with Crippen LogP contribution in [0.4, 0.5) is 0 Å². The summed E-state index contributed by atoms with van der Waals surface area (Å²) in [6.45, 7) is 6.01. The lowest BCUT2D eigenvalue weighted by atomic mass is 10.1. The highest BCUT2D eigenvalue weighted by atomic mass is 16.2. The molecule has 21 heavy (non-hydrogen) atoms. The van der Waals surface area contributed by atoms with Gasteiger partial charge in [-0.2, -0.15) is 0 Å². The van der Waals surface area contributed by atoms with Gasteiger partial charge in [0, 0.05) is 38.4 Å². The van der Waals surface area contributed by atoms with Crippen LogP contribution in [0.3, 0.4) is 0 Å². The molecule has 1 atom stereocenters. The zero-order valence-electron chi connectivity index (χ0n) is 12.8. The van der Waals surface area contributed by atoms with Crippen molar-refractivity contribution in [1.82, 2.24) is 19.8 Å². The fraction of sp³-hybridized carbons (Fsp3) is 0.667. The molecule has 2 rings (SSSR count). The second-order valence-corrected chi connectivity index (χ2v) is 5.43. The summed E-state index contributed by atoms with van der Waals surface area (Å²) in [5, 5.41) is 2.87. The van der Waals surface area contributed by atoms with Crippen LogP contribution < -0.4 is 5.32 Å². The van der Waals surface area contributed by atoms with Crippen LogP contribution in [0.1, 0.15) is 38.4 Å². The van der Waals surface area contributed by atoms with E-state index in [2.05, 4.69) is 10.3 Å². The molecule has 1 aromatic heterocycles. The number of hydrogen-bond donors (Lipinski definition) is 1. The maximum absolute atomic E-state index is 12.4. The molecular weight excluding hydrogens is 268 g/mol. The van der Waals surface area contributed by atoms with Crippen molar-refractivity contribution < 1.29 is 9.59 Å². The number of hydrogen-bond acceptors (Lipinski definition) is 3. The normalized spacial score (nSPS) is 19.2. The van der Waals surface area contributed by atoms with Gasteiger partial charge in [0.1, 0.15) is 11.9 Å². The lowest BCUT2D eigenvalue weighted by Gasteiger charge is -2.27. The molecule has 0 aliphatic carbocycles. The number of aromatic nitrogens is 2. The molecule has 116 valence electrons. The topological polar surface area (TPSA) is 67.2 Å². The smallest absolute Gasteiger partial charge is 0.242 e. The predicted molar refractivity (Wildman–Crippen MR) is 79.6 cm³/mol. The van der Waals surface area contributed by atoms with Crippen LogP contribution in [0.5, 0.6) is 0 Å². The van der Waals surface area contributed by atoms with E-state index in [9.17, 15) is 9.59 Å². The van der Waals surface area contributed by atoms with Crippen molar-refractivity contribution in [2.24, 2.45) is 0 Å². The molecule has 1 aliphatic heterocycles. The maximum atomic E-state index is 12.4. The summed E-state index contributed by atoms with van der Waals surface area (Å²) in [6.07, 6.45) is 6.43. The predicted octanol–water partition coefficient (Wildman–Crippen LogP) is 1.10. The minimum absolute atomic E-state index is 0.0196. The molecule has 1 aliphatic rings. The summed E-state index contributed by atoms with van der Waals surface area (Å²) in [5.74, 6) is 1.02. The molecular formula is C15H24N4O2. The third kappa shape index (κ3) is 3.83. The Morgan fingerprint density at radius 3 is 3.00 bits per heavy atom. The Kier molecular flexibility index (Phi) is 5.36. The van der Waals surface area contributed by atoms with Crippen molar-refractivity contribution in [1.29, 1.82) is 0 Å². The van der Waals surface area contributed by atoms with Gasteiger partial charge in [-0.3, -0.25) is 9.59 Å². The van der Waals surface area contributed by atoms with Gasteiger partial charge in [0.25, 0.3) is 0 Å². The van der Waals surface area contributed by atoms with E-state index in [-0.39, 0.29) is 17.9 Å². The van der Waals surface area contributed by atoms with Crippen molar-refractivity contribution in [2.45, 2.75) is 52.1 Å². The Morgan fingerprint density at radius 2 is 2.33 bits per heavy atom. The van der Waals surface area contributed by atoms with Crippen molar-refractivity contribution in [2.75, 3.05) is 13.1 Å². The van der Waals surface area contributed by atoms with Crippen LogP contribution in [-0.2, 0) is 16.1 Å². The fourth-order valence-electron chi connectivity index (χ4n) is 2.76. The average molecular weight is 292 g/mol. The van der Waals surface area contributed by atoms with Crippen molar-refractivity contribution >= 4 is 11.8 Å². The minimum Gasteiger partial charge on any atom is -0.354 e. The van der Waals surface area contributed by atoms with Gasteiger partial charge in [-0.25, -0.2) is 4.98 Å². The first-order chi connectivity index (χ1) is 10.1. The Hall–Kier alpha value is -1.85. The average Bonchev–Trinajstić information content (AvgIpc) is 2.77. The molecule has 0 radical (unpaired) electrons. The SMILES string of the molecule is CC[C@H]1C(=O)NCCCN1C(=O)CCCn1ccnc1C. The highest BCUT2D eigenvalue weighted by Gasteiger charge is 2.29. The van der Waals surface area contributed by atoms with Crippen LogP contribution in [-0.4, -0.2) is 45.4 Å². The monoisotopic (exact) mass is 292 g/mol. The van der Waals surface area contributed by atoms with E-state index in [0.717, 1.165) is 25.2 Å². The zero-order chi connectivity index (χ0) is 15.2. The van der Waals surface area contributed by atoms with E-state index in [1.54, 1.807) is 11.1 Å². The molecule has 1 saturated heterocycles. The van der Waals surface area contributed by atoms with Gasteiger partial charge < -0.3 is 14.8 Å². The number of nitrogens with one attached hydrogen (secondary N) is 1. The molecule has 1 aromatic rings. The molecule has 1 fully saturated rings. The Balaban J connectivity index is 1.88. The molecule has 6 nitrogen and oxygen atoms in total. The number of rotatable bonds is 5. The summed E-state index contributed by atoms with van der Waals surface area (Å²) in [6, 6.07) is -0.310. The number of carbonyl (C=O) groups is 2. The lowest BCUT2D eigenvalue weighted by Crippen LogP contribution is -2.46. The van der Waals surface area contributed by atoms with Crippen molar-refractivity contribution in [3.05, 3.63) is 18.2 Å². The second-order valence-electron chi connectivity index (χ2n) is 5.43. The number of amides is 2. The molecule has 2 heterocycles. The van der Waals surface area contributed by atoms with Crippen LogP contribution >= 0.6 is 0 Å². The van der Waals surface area contributed by atoms with Crippen LogP contribution in [0.25, 0.3) is 0 Å². The van der Waals surface area contributed by atoms with Gasteiger partial charge in [-0.1, -0.05) is 6.92 Å². The highest BCUT2D eigenvalue weighted by molar-refractivity contribution is 5.88. The van der Waals surface area contributed by atoms with Gasteiger partial charge in [0.2, 0.25) is 11.8 Å². The Bertz CT molecular complexity index is 498. The van der Waals surface area contributed by atoms with E-state index in [0.29, 0.717) is 25.9 Å². The highest BCUT2D eigenvalue weighted by Crippen LogP contribution is 2.12. The molecule has 0 aromatic carbocycles. The Labute approximate surface area is 125 Å². The molecule has 6 heteroatoms. The summed E-state index contributed by atoms with van der Waals surface area (Å²) >= 11 is 0. The third-order valence-electron chi connectivity index (χ3n) is 3.97. The first kappa shape index (κ1) is 15.5. The standard InChI is InChI=1S/C15H24N4O2/c1-3-13-15(21)17-7-5-10-19(13)14(20)6-4-9-18-11-8-16-12(18)2/h8,11,13H,3-7,9-10H2,1-2H3,(H,17,21)/t13-/m0/s1. The van der Waals surface area contributed by atoms with Gasteiger partial charge in [-0.15, -0.1) is 0 Å². The molecule has 2 amide bonds. The van der Waals surface area contributed by atoms with E-state index in [1.807, 2.05) is 24.6 Å². The van der Waals surface area contributed by atoms with E-state index in [1.165, 1.54) is 0 Å². The molecule has 0 unspecified atom stereocenters. The molecule has 1 N–H and O–H groups in total. The molecule has 0 bridgehead atoms.